The molecule has 0 aromatic heterocycles. The van der Waals surface area contributed by atoms with E-state index in [2.05, 4.69) is 19.9 Å². The van der Waals surface area contributed by atoms with Gasteiger partial charge in [0.2, 0.25) is 0 Å². The summed E-state index contributed by atoms with van der Waals surface area (Å²) in [6.07, 6.45) is 1.34. The van der Waals surface area contributed by atoms with Crippen LogP contribution in [0.1, 0.15) is 31.4 Å². The molecule has 0 heterocycles. The monoisotopic (exact) mass is 210 g/mol. The van der Waals surface area contributed by atoms with Crippen molar-refractivity contribution in [1.29, 1.82) is 0 Å². The van der Waals surface area contributed by atoms with Gasteiger partial charge in [0.1, 0.15) is 0 Å². The number of rotatable bonds is 0. The fraction of sp³-hybridized carbons (Fsp3) is 0.500. The van der Waals surface area contributed by atoms with Gasteiger partial charge in [-0.25, -0.2) is 0 Å². The maximum absolute atomic E-state index is 9.74. The molecule has 0 saturated carbocycles. The molecule has 1 aromatic rings. The topological polar surface area (TPSA) is 20.2 Å². The summed E-state index contributed by atoms with van der Waals surface area (Å²) in [5, 5.41) is 10.5. The first-order chi connectivity index (χ1) is 6.49. The summed E-state index contributed by atoms with van der Waals surface area (Å²) in [6, 6.07) is 5.99. The van der Waals surface area contributed by atoms with Crippen molar-refractivity contribution < 1.29 is 5.11 Å². The zero-order valence-corrected chi connectivity index (χ0v) is 9.30. The third-order valence-corrected chi connectivity index (χ3v) is 3.23. The second-order valence-corrected chi connectivity index (χ2v) is 5.18. The van der Waals surface area contributed by atoms with Crippen molar-refractivity contribution >= 4 is 11.6 Å². The number of hydrogen-bond donors (Lipinski definition) is 1. The van der Waals surface area contributed by atoms with Crippen LogP contribution in [0, 0.1) is 0 Å². The highest BCUT2D eigenvalue weighted by Gasteiger charge is 2.31. The van der Waals surface area contributed by atoms with Crippen LogP contribution in [0.3, 0.4) is 0 Å². The molecule has 1 nitrogen and oxygen atoms in total. The van der Waals surface area contributed by atoms with E-state index in [0.717, 1.165) is 17.9 Å². The Bertz CT molecular complexity index is 357. The molecule has 2 heteroatoms. The Morgan fingerprint density at radius 1 is 1.43 bits per heavy atom. The zero-order valence-electron chi connectivity index (χ0n) is 8.55. The fourth-order valence-corrected chi connectivity index (χ4v) is 2.61. The average molecular weight is 211 g/mol. The molecular weight excluding hydrogens is 196 g/mol. The molecular formula is C12H15ClO. The van der Waals surface area contributed by atoms with Crippen molar-refractivity contribution in [3.8, 4) is 0 Å². The van der Waals surface area contributed by atoms with Gasteiger partial charge in [-0.2, -0.15) is 0 Å². The van der Waals surface area contributed by atoms with Crippen LogP contribution in [0.15, 0.2) is 18.2 Å². The van der Waals surface area contributed by atoms with Gasteiger partial charge < -0.3 is 5.11 Å². The zero-order chi connectivity index (χ0) is 10.3. The maximum Gasteiger partial charge on any atom is 0.0589 e. The lowest BCUT2D eigenvalue weighted by Crippen LogP contribution is -2.32. The number of halogens is 1. The average Bonchev–Trinajstić information content (AvgIpc) is 2.00. The van der Waals surface area contributed by atoms with Crippen molar-refractivity contribution in [3.63, 3.8) is 0 Å². The minimum atomic E-state index is -0.226. The Balaban J connectivity index is 2.52. The Morgan fingerprint density at radius 2 is 2.14 bits per heavy atom. The summed E-state index contributed by atoms with van der Waals surface area (Å²) < 4.78 is 0. The van der Waals surface area contributed by atoms with Crippen LogP contribution in [0.5, 0.6) is 0 Å². The van der Waals surface area contributed by atoms with Crippen molar-refractivity contribution in [2.24, 2.45) is 0 Å². The Labute approximate surface area is 89.7 Å². The van der Waals surface area contributed by atoms with Crippen LogP contribution in [-0.2, 0) is 11.8 Å². The number of aliphatic hydroxyl groups is 1. The summed E-state index contributed by atoms with van der Waals surface area (Å²) in [4.78, 5) is 0. The lowest BCUT2D eigenvalue weighted by atomic mass is 9.72. The first-order valence-electron chi connectivity index (χ1n) is 4.96. The molecule has 0 aliphatic heterocycles. The first-order valence-corrected chi connectivity index (χ1v) is 5.34. The van der Waals surface area contributed by atoms with E-state index in [1.807, 2.05) is 12.1 Å². The third kappa shape index (κ3) is 1.67. The summed E-state index contributed by atoms with van der Waals surface area (Å²) in [5.41, 5.74) is 2.59. The van der Waals surface area contributed by atoms with Crippen LogP contribution in [0.25, 0.3) is 0 Å². The minimum Gasteiger partial charge on any atom is -0.393 e. The van der Waals surface area contributed by atoms with Crippen molar-refractivity contribution in [2.75, 3.05) is 0 Å². The van der Waals surface area contributed by atoms with E-state index in [1.165, 1.54) is 11.1 Å². The van der Waals surface area contributed by atoms with Gasteiger partial charge in [0.25, 0.3) is 0 Å². The molecule has 1 N–H and O–H groups in total. The Hall–Kier alpha value is -0.530. The van der Waals surface area contributed by atoms with E-state index in [9.17, 15) is 5.11 Å². The molecule has 2 rings (SSSR count). The predicted octanol–water partition coefficient (Wildman–Crippen LogP) is 2.92. The Morgan fingerprint density at radius 3 is 2.86 bits per heavy atom. The lowest BCUT2D eigenvalue weighted by Gasteiger charge is -2.35. The van der Waals surface area contributed by atoms with E-state index < -0.39 is 0 Å². The van der Waals surface area contributed by atoms with Crippen molar-refractivity contribution in [1.82, 2.24) is 0 Å². The SMILES string of the molecule is CC1(C)C[C@@H](O)Cc2cc(Cl)ccc21. The van der Waals surface area contributed by atoms with Gasteiger partial charge in [-0.1, -0.05) is 31.5 Å². The number of aliphatic hydroxyl groups excluding tert-OH is 1. The molecule has 14 heavy (non-hydrogen) atoms. The van der Waals surface area contributed by atoms with E-state index in [4.69, 9.17) is 11.6 Å². The van der Waals surface area contributed by atoms with Gasteiger partial charge in [-0.05, 0) is 41.5 Å². The van der Waals surface area contributed by atoms with E-state index >= 15 is 0 Å². The predicted molar refractivity (Wildman–Crippen MR) is 58.8 cm³/mol. The molecule has 1 aromatic carbocycles. The molecule has 1 atom stereocenters. The van der Waals surface area contributed by atoms with Gasteiger partial charge in [0.15, 0.2) is 0 Å². The standard InChI is InChI=1S/C12H15ClO/c1-12(2)7-10(14)6-8-5-9(13)3-4-11(8)12/h3-5,10,14H,6-7H2,1-2H3/t10-/m0/s1. The van der Waals surface area contributed by atoms with Crippen molar-refractivity contribution in [3.05, 3.63) is 34.3 Å². The minimum absolute atomic E-state index is 0.0671. The molecule has 0 radical (unpaired) electrons. The number of benzene rings is 1. The smallest absolute Gasteiger partial charge is 0.0589 e. The second-order valence-electron chi connectivity index (χ2n) is 4.75. The summed E-state index contributed by atoms with van der Waals surface area (Å²) in [5.74, 6) is 0. The van der Waals surface area contributed by atoms with E-state index in [0.29, 0.717) is 0 Å². The fourth-order valence-electron chi connectivity index (χ4n) is 2.42. The molecule has 0 amide bonds. The summed E-state index contributed by atoms with van der Waals surface area (Å²) >= 11 is 5.94. The first kappa shape index (κ1) is 10.0. The van der Waals surface area contributed by atoms with Gasteiger partial charge in [-0.3, -0.25) is 0 Å². The molecule has 0 spiro atoms. The molecule has 0 unspecified atom stereocenters. The van der Waals surface area contributed by atoms with Crippen molar-refractivity contribution in [2.45, 2.75) is 38.2 Å². The van der Waals surface area contributed by atoms with Crippen LogP contribution in [0.2, 0.25) is 5.02 Å². The number of fused-ring (bicyclic) bond motifs is 1. The summed E-state index contributed by atoms with van der Waals surface area (Å²) in [6.45, 7) is 4.34. The summed E-state index contributed by atoms with van der Waals surface area (Å²) in [7, 11) is 0. The van der Waals surface area contributed by atoms with E-state index in [1.54, 1.807) is 0 Å². The Kier molecular flexibility index (Phi) is 2.32. The molecule has 0 bridgehead atoms. The molecule has 1 aliphatic rings. The second kappa shape index (κ2) is 3.25. The van der Waals surface area contributed by atoms with Gasteiger partial charge in [0.05, 0.1) is 6.10 Å². The van der Waals surface area contributed by atoms with Gasteiger partial charge in [0, 0.05) is 5.02 Å². The van der Waals surface area contributed by atoms with Crippen LogP contribution in [-0.4, -0.2) is 11.2 Å². The molecule has 0 saturated heterocycles. The van der Waals surface area contributed by atoms with Crippen LogP contribution < -0.4 is 0 Å². The quantitative estimate of drug-likeness (QED) is 0.698. The third-order valence-electron chi connectivity index (χ3n) is 3.00. The lowest BCUT2D eigenvalue weighted by molar-refractivity contribution is 0.128. The highest BCUT2D eigenvalue weighted by Crippen LogP contribution is 2.37. The maximum atomic E-state index is 9.74. The largest absolute Gasteiger partial charge is 0.393 e. The molecule has 0 fully saturated rings. The molecule has 1 aliphatic carbocycles. The van der Waals surface area contributed by atoms with E-state index in [-0.39, 0.29) is 11.5 Å². The van der Waals surface area contributed by atoms with Gasteiger partial charge >= 0.3 is 0 Å². The van der Waals surface area contributed by atoms with Crippen LogP contribution >= 0.6 is 11.6 Å². The molecule has 76 valence electrons. The normalized spacial score (nSPS) is 24.4. The number of hydrogen-bond acceptors (Lipinski definition) is 1. The van der Waals surface area contributed by atoms with Crippen LogP contribution in [0.4, 0.5) is 0 Å². The van der Waals surface area contributed by atoms with Gasteiger partial charge in [-0.15, -0.1) is 0 Å². The highest BCUT2D eigenvalue weighted by molar-refractivity contribution is 6.30. The highest BCUT2D eigenvalue weighted by atomic mass is 35.5.